The summed E-state index contributed by atoms with van der Waals surface area (Å²) in [5.74, 6) is 1.63. The number of methoxy groups -OCH3 is 1. The van der Waals surface area contributed by atoms with Gasteiger partial charge in [0.05, 0.1) is 20.1 Å². The Labute approximate surface area is 104 Å². The third-order valence-corrected chi connectivity index (χ3v) is 2.56. The minimum atomic E-state index is -0.179. The monoisotopic (exact) mass is 253 g/mol. The number of nitrogens with one attached hydrogen (secondary N) is 1. The number of fused-ring (bicyclic) bond motifs is 1. The van der Waals surface area contributed by atoms with Crippen LogP contribution in [0.1, 0.15) is 5.56 Å². The van der Waals surface area contributed by atoms with Crippen LogP contribution in [0.3, 0.4) is 0 Å². The molecule has 1 aliphatic rings. The van der Waals surface area contributed by atoms with Crippen LogP contribution in [-0.4, -0.2) is 38.1 Å². The van der Waals surface area contributed by atoms with Crippen LogP contribution in [-0.2, 0) is 11.2 Å². The summed E-state index contributed by atoms with van der Waals surface area (Å²) in [5, 5.41) is 11.2. The molecule has 18 heavy (non-hydrogen) atoms. The van der Waals surface area contributed by atoms with E-state index in [4.69, 9.17) is 19.3 Å². The molecule has 0 aromatic heterocycles. The Hall–Kier alpha value is -1.95. The van der Waals surface area contributed by atoms with Crippen LogP contribution < -0.4 is 19.5 Å². The lowest BCUT2D eigenvalue weighted by molar-refractivity contribution is -0.120. The largest absolute Gasteiger partial charge is 0.496 e. The molecule has 1 heterocycles. The molecule has 0 aliphatic carbocycles. The van der Waals surface area contributed by atoms with Crippen molar-refractivity contribution in [2.75, 3.05) is 27.1 Å². The van der Waals surface area contributed by atoms with E-state index in [9.17, 15) is 4.79 Å². The van der Waals surface area contributed by atoms with Gasteiger partial charge in [-0.1, -0.05) is 0 Å². The molecular formula is C12H15NO5. The van der Waals surface area contributed by atoms with Crippen molar-refractivity contribution >= 4 is 5.91 Å². The van der Waals surface area contributed by atoms with Crippen molar-refractivity contribution in [2.45, 2.75) is 6.42 Å². The van der Waals surface area contributed by atoms with Gasteiger partial charge in [0.25, 0.3) is 0 Å². The molecule has 0 fully saturated rings. The number of aliphatic hydroxyl groups is 1. The Kier molecular flexibility index (Phi) is 3.88. The Balaban J connectivity index is 2.14. The van der Waals surface area contributed by atoms with Crippen LogP contribution in [0.5, 0.6) is 17.2 Å². The van der Waals surface area contributed by atoms with Gasteiger partial charge in [0.15, 0.2) is 11.5 Å². The van der Waals surface area contributed by atoms with Crippen molar-refractivity contribution in [1.29, 1.82) is 0 Å². The second-order valence-corrected chi connectivity index (χ2v) is 3.77. The average molecular weight is 253 g/mol. The van der Waals surface area contributed by atoms with Gasteiger partial charge in [0.2, 0.25) is 12.7 Å². The maximum absolute atomic E-state index is 11.6. The smallest absolute Gasteiger partial charge is 0.231 e. The van der Waals surface area contributed by atoms with Crippen molar-refractivity contribution in [3.8, 4) is 17.2 Å². The molecule has 0 saturated heterocycles. The SMILES string of the molecule is COc1cc2c(cc1CC(=O)NCCO)OCO2. The first-order valence-electron chi connectivity index (χ1n) is 5.58. The summed E-state index contributed by atoms with van der Waals surface area (Å²) < 4.78 is 15.7. The number of aliphatic hydroxyl groups excluding tert-OH is 1. The fourth-order valence-corrected chi connectivity index (χ4v) is 1.72. The number of benzene rings is 1. The first-order valence-corrected chi connectivity index (χ1v) is 5.58. The van der Waals surface area contributed by atoms with E-state index in [-0.39, 0.29) is 32.3 Å². The van der Waals surface area contributed by atoms with Gasteiger partial charge in [-0.2, -0.15) is 0 Å². The zero-order valence-corrected chi connectivity index (χ0v) is 10.1. The normalized spacial score (nSPS) is 12.3. The predicted octanol–water partition coefficient (Wildman–Crippen LogP) is 0.0749. The molecular weight excluding hydrogens is 238 g/mol. The number of hydrogen-bond acceptors (Lipinski definition) is 5. The molecule has 0 radical (unpaired) electrons. The molecule has 0 bridgehead atoms. The van der Waals surface area contributed by atoms with Crippen molar-refractivity contribution in [3.05, 3.63) is 17.7 Å². The number of carbonyl (C=O) groups excluding carboxylic acids is 1. The highest BCUT2D eigenvalue weighted by atomic mass is 16.7. The van der Waals surface area contributed by atoms with E-state index in [1.807, 2.05) is 0 Å². The molecule has 1 aliphatic heterocycles. The molecule has 2 rings (SSSR count). The van der Waals surface area contributed by atoms with Gasteiger partial charge in [-0.15, -0.1) is 0 Å². The van der Waals surface area contributed by atoms with Gasteiger partial charge in [-0.3, -0.25) is 4.79 Å². The maximum atomic E-state index is 11.6. The summed E-state index contributed by atoms with van der Waals surface area (Å²) in [4.78, 5) is 11.6. The van der Waals surface area contributed by atoms with E-state index in [0.717, 1.165) is 5.56 Å². The summed E-state index contributed by atoms with van der Waals surface area (Å²) in [5.41, 5.74) is 0.720. The molecule has 2 N–H and O–H groups in total. The van der Waals surface area contributed by atoms with Crippen LogP contribution in [0.15, 0.2) is 12.1 Å². The van der Waals surface area contributed by atoms with Crippen molar-refractivity contribution in [3.63, 3.8) is 0 Å². The van der Waals surface area contributed by atoms with E-state index in [0.29, 0.717) is 17.2 Å². The molecule has 0 saturated carbocycles. The van der Waals surface area contributed by atoms with E-state index in [1.165, 1.54) is 7.11 Å². The van der Waals surface area contributed by atoms with Gasteiger partial charge >= 0.3 is 0 Å². The third kappa shape index (κ3) is 2.65. The van der Waals surface area contributed by atoms with Crippen molar-refractivity contribution < 1.29 is 24.1 Å². The van der Waals surface area contributed by atoms with Gasteiger partial charge < -0.3 is 24.6 Å². The lowest BCUT2D eigenvalue weighted by Crippen LogP contribution is -2.27. The number of ether oxygens (including phenoxy) is 3. The van der Waals surface area contributed by atoms with Gasteiger partial charge in [0, 0.05) is 18.2 Å². The van der Waals surface area contributed by atoms with E-state index in [1.54, 1.807) is 12.1 Å². The van der Waals surface area contributed by atoms with E-state index >= 15 is 0 Å². The highest BCUT2D eigenvalue weighted by molar-refractivity contribution is 5.79. The minimum absolute atomic E-state index is 0.0794. The number of carbonyl (C=O) groups is 1. The van der Waals surface area contributed by atoms with Gasteiger partial charge in [-0.05, 0) is 6.07 Å². The zero-order chi connectivity index (χ0) is 13.0. The first kappa shape index (κ1) is 12.5. The number of amides is 1. The minimum Gasteiger partial charge on any atom is -0.496 e. The molecule has 0 unspecified atom stereocenters. The van der Waals surface area contributed by atoms with Crippen LogP contribution in [0, 0.1) is 0 Å². The number of rotatable bonds is 5. The lowest BCUT2D eigenvalue weighted by Gasteiger charge is -2.09. The second kappa shape index (κ2) is 5.59. The Morgan fingerprint density at radius 1 is 1.44 bits per heavy atom. The predicted molar refractivity (Wildman–Crippen MR) is 62.9 cm³/mol. The van der Waals surface area contributed by atoms with Crippen LogP contribution in [0.2, 0.25) is 0 Å². The molecule has 6 heteroatoms. The Bertz CT molecular complexity index is 446. The summed E-state index contributed by atoms with van der Waals surface area (Å²) in [6.45, 7) is 0.342. The fraction of sp³-hybridized carbons (Fsp3) is 0.417. The van der Waals surface area contributed by atoms with Crippen molar-refractivity contribution in [2.24, 2.45) is 0 Å². The van der Waals surface area contributed by atoms with Crippen LogP contribution >= 0.6 is 0 Å². The second-order valence-electron chi connectivity index (χ2n) is 3.77. The van der Waals surface area contributed by atoms with Crippen molar-refractivity contribution in [1.82, 2.24) is 5.32 Å². The van der Waals surface area contributed by atoms with E-state index in [2.05, 4.69) is 5.32 Å². The summed E-state index contributed by atoms with van der Waals surface area (Å²) >= 11 is 0. The van der Waals surface area contributed by atoms with Crippen LogP contribution in [0.4, 0.5) is 0 Å². The highest BCUT2D eigenvalue weighted by Crippen LogP contribution is 2.38. The standard InChI is InChI=1S/C12H15NO5/c1-16-9-6-11-10(17-7-18-11)4-8(9)5-12(15)13-2-3-14/h4,6,14H,2-3,5,7H2,1H3,(H,13,15). The molecule has 1 aromatic carbocycles. The molecule has 6 nitrogen and oxygen atoms in total. The molecule has 0 spiro atoms. The molecule has 0 atom stereocenters. The number of hydrogen-bond donors (Lipinski definition) is 2. The molecule has 98 valence electrons. The zero-order valence-electron chi connectivity index (χ0n) is 10.1. The first-order chi connectivity index (χ1) is 8.74. The maximum Gasteiger partial charge on any atom is 0.231 e. The van der Waals surface area contributed by atoms with Gasteiger partial charge in [-0.25, -0.2) is 0 Å². The molecule has 1 amide bonds. The van der Waals surface area contributed by atoms with E-state index < -0.39 is 0 Å². The summed E-state index contributed by atoms with van der Waals surface area (Å²) in [6.07, 6.45) is 0.166. The fourth-order valence-electron chi connectivity index (χ4n) is 1.72. The highest BCUT2D eigenvalue weighted by Gasteiger charge is 2.19. The topological polar surface area (TPSA) is 77.0 Å². The average Bonchev–Trinajstić information content (AvgIpc) is 2.82. The van der Waals surface area contributed by atoms with Crippen LogP contribution in [0.25, 0.3) is 0 Å². The lowest BCUT2D eigenvalue weighted by atomic mass is 10.1. The molecule has 1 aromatic rings. The van der Waals surface area contributed by atoms with Gasteiger partial charge in [0.1, 0.15) is 5.75 Å². The summed E-state index contributed by atoms with van der Waals surface area (Å²) in [6, 6.07) is 3.44. The Morgan fingerprint density at radius 2 is 2.17 bits per heavy atom. The third-order valence-electron chi connectivity index (χ3n) is 2.56. The summed E-state index contributed by atoms with van der Waals surface area (Å²) in [7, 11) is 1.53. The Morgan fingerprint density at radius 3 is 2.83 bits per heavy atom. The quantitative estimate of drug-likeness (QED) is 0.776.